The molecule has 2 atom stereocenters. The first-order valence-electron chi connectivity index (χ1n) is 10.2. The quantitative estimate of drug-likeness (QED) is 0.629. The molecule has 0 N–H and O–H groups in total. The van der Waals surface area contributed by atoms with E-state index in [-0.39, 0.29) is 23.8 Å². The number of hydrogen-bond acceptors (Lipinski definition) is 5. The summed E-state index contributed by atoms with van der Waals surface area (Å²) in [7, 11) is -4.10. The molecule has 0 saturated carbocycles. The van der Waals surface area contributed by atoms with E-state index in [9.17, 15) is 18.0 Å². The van der Waals surface area contributed by atoms with Gasteiger partial charge in [0, 0.05) is 19.6 Å². The molecule has 10 heteroatoms. The Morgan fingerprint density at radius 2 is 1.81 bits per heavy atom. The minimum Gasteiger partial charge on any atom is -0.378 e. The fourth-order valence-electron chi connectivity index (χ4n) is 4.04. The highest BCUT2D eigenvalue weighted by molar-refractivity contribution is 7.90. The zero-order valence-electron chi connectivity index (χ0n) is 17.1. The first-order chi connectivity index (χ1) is 14.8. The first-order valence-corrected chi connectivity index (χ1v) is 11.9. The molecule has 0 spiro atoms. The molecule has 2 aromatic rings. The Balaban J connectivity index is 1.51. The van der Waals surface area contributed by atoms with Crippen LogP contribution in [0, 0.1) is 0 Å². The van der Waals surface area contributed by atoms with Gasteiger partial charge < -0.3 is 14.5 Å². The van der Waals surface area contributed by atoms with Gasteiger partial charge in [-0.05, 0) is 48.0 Å². The molecule has 4 rings (SSSR count). The van der Waals surface area contributed by atoms with Crippen molar-refractivity contribution in [2.45, 2.75) is 30.3 Å². The van der Waals surface area contributed by atoms with Gasteiger partial charge in [-0.15, -0.1) is 0 Å². The van der Waals surface area contributed by atoms with Crippen LogP contribution in [0.5, 0.6) is 0 Å². The van der Waals surface area contributed by atoms with Crippen molar-refractivity contribution in [3.05, 3.63) is 42.5 Å². The molecule has 0 aliphatic carbocycles. The summed E-state index contributed by atoms with van der Waals surface area (Å²) in [6.07, 6.45) is 0.218. The number of amides is 2. The molecule has 2 saturated heterocycles. The molecule has 166 valence electrons. The van der Waals surface area contributed by atoms with E-state index >= 15 is 0 Å². The molecule has 2 aromatic carbocycles. The molecule has 0 aromatic heterocycles. The third-order valence-electron chi connectivity index (χ3n) is 5.85. The average molecular weight is 466 g/mol. The number of nitrogens with zero attached hydrogens (tertiary/aromatic N) is 3. The Morgan fingerprint density at radius 1 is 1.13 bits per heavy atom. The number of hydrogen-bond donors (Lipinski definition) is 0. The predicted octanol–water partition coefficient (Wildman–Crippen LogP) is 1.83. The maximum absolute atomic E-state index is 13.1. The van der Waals surface area contributed by atoms with E-state index in [1.165, 1.54) is 11.0 Å². The second kappa shape index (κ2) is 8.74. The topological polar surface area (TPSA) is 87.2 Å². The molecule has 0 unspecified atom stereocenters. The predicted molar refractivity (Wildman–Crippen MR) is 116 cm³/mol. The molecule has 2 aliphatic heterocycles. The van der Waals surface area contributed by atoms with Gasteiger partial charge in [0.15, 0.2) is 0 Å². The van der Waals surface area contributed by atoms with E-state index in [0.717, 1.165) is 10.8 Å². The van der Waals surface area contributed by atoms with Gasteiger partial charge >= 0.3 is 0 Å². The lowest BCUT2D eigenvalue weighted by molar-refractivity contribution is -0.146. The number of morpholine rings is 1. The first kappa shape index (κ1) is 22.0. The van der Waals surface area contributed by atoms with E-state index in [4.69, 9.17) is 16.5 Å². The van der Waals surface area contributed by atoms with Crippen molar-refractivity contribution in [2.75, 3.05) is 32.8 Å². The Kier molecular flexibility index (Phi) is 6.20. The van der Waals surface area contributed by atoms with Crippen molar-refractivity contribution in [1.29, 1.82) is 0 Å². The lowest BCUT2D eigenvalue weighted by Crippen LogP contribution is -2.52. The van der Waals surface area contributed by atoms with Crippen LogP contribution in [-0.2, 0) is 24.3 Å². The second-order valence-corrected chi connectivity index (χ2v) is 10.1. The number of fused-ring (bicyclic) bond motifs is 1. The maximum atomic E-state index is 13.1. The molecule has 2 amide bonds. The number of sulfonamides is 1. The number of carbonyl (C=O) groups excluding carboxylic acids is 2. The number of halogens is 1. The van der Waals surface area contributed by atoms with Crippen molar-refractivity contribution in [2.24, 2.45) is 0 Å². The van der Waals surface area contributed by atoms with Crippen molar-refractivity contribution in [1.82, 2.24) is 13.6 Å². The fraction of sp³-hybridized carbons (Fsp3) is 0.429. The van der Waals surface area contributed by atoms with Gasteiger partial charge in [-0.3, -0.25) is 9.59 Å². The summed E-state index contributed by atoms with van der Waals surface area (Å²) in [5.41, 5.74) is 0. The molecular formula is C21H24ClN3O5S. The van der Waals surface area contributed by atoms with Gasteiger partial charge in [0.2, 0.25) is 11.8 Å². The lowest BCUT2D eigenvalue weighted by atomic mass is 10.1. The minimum atomic E-state index is -4.10. The fourth-order valence-corrected chi connectivity index (χ4v) is 5.70. The van der Waals surface area contributed by atoms with Crippen LogP contribution in [-0.4, -0.2) is 78.8 Å². The number of rotatable bonds is 5. The summed E-state index contributed by atoms with van der Waals surface area (Å²) in [5, 5.41) is 1.67. The molecule has 2 fully saturated rings. The van der Waals surface area contributed by atoms with Crippen LogP contribution >= 0.6 is 11.8 Å². The Bertz CT molecular complexity index is 1100. The number of benzene rings is 2. The zero-order valence-corrected chi connectivity index (χ0v) is 18.7. The van der Waals surface area contributed by atoms with Gasteiger partial charge in [-0.1, -0.05) is 34.2 Å². The van der Waals surface area contributed by atoms with Gasteiger partial charge in [-0.2, -0.15) is 0 Å². The highest BCUT2D eigenvalue weighted by Gasteiger charge is 2.44. The summed E-state index contributed by atoms with van der Waals surface area (Å²) in [4.78, 5) is 28.9. The van der Waals surface area contributed by atoms with Crippen molar-refractivity contribution in [3.8, 4) is 0 Å². The highest BCUT2D eigenvalue weighted by Crippen LogP contribution is 2.29. The van der Waals surface area contributed by atoms with E-state index in [0.29, 0.717) is 30.1 Å². The van der Waals surface area contributed by atoms with Crippen LogP contribution in [0.2, 0.25) is 0 Å². The largest absolute Gasteiger partial charge is 0.378 e. The second-order valence-electron chi connectivity index (χ2n) is 7.71. The summed E-state index contributed by atoms with van der Waals surface area (Å²) >= 11 is 6.24. The summed E-state index contributed by atoms with van der Waals surface area (Å²) in [6, 6.07) is 10.4. The molecule has 0 radical (unpaired) electrons. The normalized spacial score (nSPS) is 21.1. The summed E-state index contributed by atoms with van der Waals surface area (Å²) < 4.78 is 32.1. The molecule has 0 bridgehead atoms. The van der Waals surface area contributed by atoms with E-state index in [1.54, 1.807) is 24.0 Å². The van der Waals surface area contributed by atoms with Crippen LogP contribution in [0.3, 0.4) is 0 Å². The lowest BCUT2D eigenvalue weighted by Gasteiger charge is -2.33. The van der Waals surface area contributed by atoms with E-state index < -0.39 is 28.0 Å². The van der Waals surface area contributed by atoms with Crippen LogP contribution in [0.1, 0.15) is 13.3 Å². The Hall–Kier alpha value is -2.20. The van der Waals surface area contributed by atoms with Gasteiger partial charge in [0.25, 0.3) is 10.0 Å². The summed E-state index contributed by atoms with van der Waals surface area (Å²) in [6.45, 7) is 3.81. The monoisotopic (exact) mass is 465 g/mol. The van der Waals surface area contributed by atoms with Crippen molar-refractivity contribution >= 4 is 44.4 Å². The molecule has 31 heavy (non-hydrogen) atoms. The number of ether oxygens (including phenoxy) is 1. The van der Waals surface area contributed by atoms with Crippen molar-refractivity contribution in [3.63, 3.8) is 0 Å². The molecule has 2 aliphatic rings. The van der Waals surface area contributed by atoms with Crippen LogP contribution in [0.25, 0.3) is 10.8 Å². The van der Waals surface area contributed by atoms with Crippen molar-refractivity contribution < 1.29 is 22.7 Å². The van der Waals surface area contributed by atoms with Crippen LogP contribution in [0.4, 0.5) is 0 Å². The standard InChI is InChI=1S/C21H24ClN3O5S/c1-15(20(26)23-10-12-30-13-11-23)24-9-8-19(21(24)27)25(22)31(28,29)18-7-6-16-4-2-3-5-17(16)14-18/h2-7,14-15,19H,8-13H2,1H3/t15-,19-/m0/s1. The van der Waals surface area contributed by atoms with Crippen LogP contribution < -0.4 is 0 Å². The van der Waals surface area contributed by atoms with E-state index in [1.807, 2.05) is 24.3 Å². The number of likely N-dealkylation sites (tertiary alicyclic amines) is 1. The molecular weight excluding hydrogens is 442 g/mol. The smallest absolute Gasteiger partial charge is 0.257 e. The Morgan fingerprint density at radius 3 is 2.52 bits per heavy atom. The summed E-state index contributed by atoms with van der Waals surface area (Å²) in [5.74, 6) is -0.635. The average Bonchev–Trinajstić information content (AvgIpc) is 3.18. The third-order valence-corrected chi connectivity index (χ3v) is 8.20. The van der Waals surface area contributed by atoms with Gasteiger partial charge in [0.1, 0.15) is 12.1 Å². The molecule has 2 heterocycles. The van der Waals surface area contributed by atoms with Gasteiger partial charge in [0.05, 0.1) is 18.1 Å². The number of carbonyl (C=O) groups is 2. The Labute approximate surface area is 186 Å². The zero-order chi connectivity index (χ0) is 22.2. The maximum Gasteiger partial charge on any atom is 0.257 e. The minimum absolute atomic E-state index is 0.0184. The SMILES string of the molecule is C[C@@H](C(=O)N1CCOCC1)N1CC[C@H](N(Cl)S(=O)(=O)c2ccc3ccccc3c2)C1=O. The third kappa shape index (κ3) is 4.15. The molecule has 8 nitrogen and oxygen atoms in total. The highest BCUT2D eigenvalue weighted by atomic mass is 35.5. The van der Waals surface area contributed by atoms with Gasteiger partial charge in [-0.25, -0.2) is 8.42 Å². The van der Waals surface area contributed by atoms with E-state index in [2.05, 4.69) is 0 Å². The van der Waals surface area contributed by atoms with Crippen LogP contribution in [0.15, 0.2) is 47.4 Å².